The topological polar surface area (TPSA) is 24.9 Å². The van der Waals surface area contributed by atoms with Crippen LogP contribution in [0, 0.1) is 19.8 Å². The summed E-state index contributed by atoms with van der Waals surface area (Å²) >= 11 is 0. The van der Waals surface area contributed by atoms with Crippen molar-refractivity contribution in [2.45, 2.75) is 34.1 Å². The maximum atomic E-state index is 4.34. The minimum absolute atomic E-state index is 0.726. The van der Waals surface area contributed by atoms with Gasteiger partial charge in [-0.1, -0.05) is 20.3 Å². The first-order chi connectivity index (χ1) is 6.61. The first kappa shape index (κ1) is 11.0. The molecule has 2 heteroatoms. The van der Waals surface area contributed by atoms with E-state index in [1.54, 1.807) is 0 Å². The molecule has 1 unspecified atom stereocenters. The standard InChI is InChI=1S/C12H20N2/c1-5-9(2)8-13-12-6-10(3)14-11(4)7-12/h6-7,9H,5,8H2,1-4H3,(H,13,14). The van der Waals surface area contributed by atoms with Crippen molar-refractivity contribution in [3.8, 4) is 0 Å². The van der Waals surface area contributed by atoms with E-state index >= 15 is 0 Å². The van der Waals surface area contributed by atoms with E-state index in [4.69, 9.17) is 0 Å². The second kappa shape index (κ2) is 4.99. The zero-order valence-electron chi connectivity index (χ0n) is 9.59. The SMILES string of the molecule is CCC(C)CNc1cc(C)nc(C)c1. The molecule has 1 N–H and O–H groups in total. The molecular weight excluding hydrogens is 172 g/mol. The van der Waals surface area contributed by atoms with Crippen LogP contribution < -0.4 is 5.32 Å². The van der Waals surface area contributed by atoms with Crippen molar-refractivity contribution >= 4 is 5.69 Å². The Labute approximate surface area is 86.8 Å². The highest BCUT2D eigenvalue weighted by molar-refractivity contribution is 5.45. The van der Waals surface area contributed by atoms with Crippen LogP contribution in [-0.4, -0.2) is 11.5 Å². The lowest BCUT2D eigenvalue weighted by atomic mass is 10.1. The summed E-state index contributed by atoms with van der Waals surface area (Å²) in [4.78, 5) is 4.34. The molecule has 0 aromatic carbocycles. The van der Waals surface area contributed by atoms with Crippen molar-refractivity contribution < 1.29 is 0 Å². The van der Waals surface area contributed by atoms with Crippen LogP contribution in [0.1, 0.15) is 31.7 Å². The van der Waals surface area contributed by atoms with Gasteiger partial charge in [0.15, 0.2) is 0 Å². The van der Waals surface area contributed by atoms with Gasteiger partial charge in [0.1, 0.15) is 0 Å². The number of hydrogen-bond acceptors (Lipinski definition) is 2. The molecule has 78 valence electrons. The van der Waals surface area contributed by atoms with Gasteiger partial charge >= 0.3 is 0 Å². The lowest BCUT2D eigenvalue weighted by Crippen LogP contribution is -2.10. The Morgan fingerprint density at radius 2 is 1.86 bits per heavy atom. The second-order valence-electron chi connectivity index (χ2n) is 4.03. The monoisotopic (exact) mass is 192 g/mol. The fourth-order valence-corrected chi connectivity index (χ4v) is 1.37. The summed E-state index contributed by atoms with van der Waals surface area (Å²) in [5.74, 6) is 0.726. The molecule has 0 bridgehead atoms. The number of nitrogens with one attached hydrogen (secondary N) is 1. The van der Waals surface area contributed by atoms with Crippen molar-refractivity contribution in [3.63, 3.8) is 0 Å². The third-order valence-electron chi connectivity index (χ3n) is 2.43. The number of aromatic nitrogens is 1. The van der Waals surface area contributed by atoms with E-state index in [0.29, 0.717) is 0 Å². The first-order valence-electron chi connectivity index (χ1n) is 5.31. The van der Waals surface area contributed by atoms with Gasteiger partial charge in [-0.05, 0) is 31.9 Å². The molecule has 1 aromatic heterocycles. The molecule has 0 aliphatic heterocycles. The van der Waals surface area contributed by atoms with Crippen LogP contribution in [0.5, 0.6) is 0 Å². The van der Waals surface area contributed by atoms with Gasteiger partial charge in [-0.25, -0.2) is 0 Å². The molecule has 2 nitrogen and oxygen atoms in total. The number of rotatable bonds is 4. The third kappa shape index (κ3) is 3.36. The van der Waals surface area contributed by atoms with E-state index in [-0.39, 0.29) is 0 Å². The molecule has 0 fully saturated rings. The van der Waals surface area contributed by atoms with Crippen molar-refractivity contribution in [2.75, 3.05) is 11.9 Å². The number of pyridine rings is 1. The average molecular weight is 192 g/mol. The van der Waals surface area contributed by atoms with Crippen molar-refractivity contribution in [1.82, 2.24) is 4.98 Å². The lowest BCUT2D eigenvalue weighted by molar-refractivity contribution is 0.593. The normalized spacial score (nSPS) is 12.6. The molecule has 0 amide bonds. The average Bonchev–Trinajstić information content (AvgIpc) is 2.12. The Bertz CT molecular complexity index is 274. The van der Waals surface area contributed by atoms with Crippen molar-refractivity contribution in [1.29, 1.82) is 0 Å². The van der Waals surface area contributed by atoms with Gasteiger partial charge in [0.25, 0.3) is 0 Å². The minimum Gasteiger partial charge on any atom is -0.385 e. The summed E-state index contributed by atoms with van der Waals surface area (Å²) < 4.78 is 0. The van der Waals surface area contributed by atoms with E-state index in [9.17, 15) is 0 Å². The van der Waals surface area contributed by atoms with E-state index in [1.165, 1.54) is 12.1 Å². The van der Waals surface area contributed by atoms with Crippen molar-refractivity contribution in [2.24, 2.45) is 5.92 Å². The van der Waals surface area contributed by atoms with Crippen LogP contribution in [0.15, 0.2) is 12.1 Å². The number of nitrogens with zero attached hydrogens (tertiary/aromatic N) is 1. The number of aryl methyl sites for hydroxylation is 2. The quantitative estimate of drug-likeness (QED) is 0.792. The van der Waals surface area contributed by atoms with E-state index < -0.39 is 0 Å². The molecular formula is C12H20N2. The molecule has 1 heterocycles. The Hall–Kier alpha value is -1.05. The van der Waals surface area contributed by atoms with Crippen LogP contribution in [0.2, 0.25) is 0 Å². The Morgan fingerprint density at radius 1 is 1.29 bits per heavy atom. The van der Waals surface area contributed by atoms with Crippen LogP contribution in [0.25, 0.3) is 0 Å². The largest absolute Gasteiger partial charge is 0.385 e. The molecule has 1 atom stereocenters. The van der Waals surface area contributed by atoms with E-state index in [2.05, 4.69) is 36.3 Å². The molecule has 0 spiro atoms. The highest BCUT2D eigenvalue weighted by atomic mass is 14.9. The molecule has 1 aromatic rings. The summed E-state index contributed by atoms with van der Waals surface area (Å²) in [5.41, 5.74) is 3.35. The Kier molecular flexibility index (Phi) is 3.93. The summed E-state index contributed by atoms with van der Waals surface area (Å²) in [7, 11) is 0. The smallest absolute Gasteiger partial charge is 0.0396 e. The lowest BCUT2D eigenvalue weighted by Gasteiger charge is -2.12. The van der Waals surface area contributed by atoms with Crippen molar-refractivity contribution in [3.05, 3.63) is 23.5 Å². The second-order valence-corrected chi connectivity index (χ2v) is 4.03. The zero-order chi connectivity index (χ0) is 10.6. The fourth-order valence-electron chi connectivity index (χ4n) is 1.37. The minimum atomic E-state index is 0.726. The first-order valence-corrected chi connectivity index (χ1v) is 5.31. The zero-order valence-corrected chi connectivity index (χ0v) is 9.59. The van der Waals surface area contributed by atoms with Gasteiger partial charge in [-0.15, -0.1) is 0 Å². The van der Waals surface area contributed by atoms with Crippen LogP contribution in [0.3, 0.4) is 0 Å². The number of anilines is 1. The third-order valence-corrected chi connectivity index (χ3v) is 2.43. The molecule has 0 aliphatic rings. The summed E-state index contributed by atoms with van der Waals surface area (Å²) in [6.45, 7) is 9.57. The Balaban J connectivity index is 2.58. The molecule has 0 saturated heterocycles. The van der Waals surface area contributed by atoms with Gasteiger partial charge in [-0.3, -0.25) is 4.98 Å². The van der Waals surface area contributed by atoms with Gasteiger partial charge < -0.3 is 5.32 Å². The predicted octanol–water partition coefficient (Wildman–Crippen LogP) is 3.16. The Morgan fingerprint density at radius 3 is 2.36 bits per heavy atom. The van der Waals surface area contributed by atoms with E-state index in [0.717, 1.165) is 23.9 Å². The molecule has 1 rings (SSSR count). The summed E-state index contributed by atoms with van der Waals surface area (Å²) in [6, 6.07) is 4.19. The maximum Gasteiger partial charge on any atom is 0.0396 e. The molecule has 0 saturated carbocycles. The van der Waals surface area contributed by atoms with E-state index in [1.807, 2.05) is 13.8 Å². The summed E-state index contributed by atoms with van der Waals surface area (Å²) in [5, 5.41) is 3.44. The highest BCUT2D eigenvalue weighted by Gasteiger charge is 1.99. The molecule has 0 radical (unpaired) electrons. The number of hydrogen-bond donors (Lipinski definition) is 1. The van der Waals surface area contributed by atoms with Crippen LogP contribution in [-0.2, 0) is 0 Å². The van der Waals surface area contributed by atoms with Gasteiger partial charge in [0.05, 0.1) is 0 Å². The molecule has 0 aliphatic carbocycles. The van der Waals surface area contributed by atoms with Gasteiger partial charge in [-0.2, -0.15) is 0 Å². The van der Waals surface area contributed by atoms with Gasteiger partial charge in [0.2, 0.25) is 0 Å². The fraction of sp³-hybridized carbons (Fsp3) is 0.583. The maximum absolute atomic E-state index is 4.34. The highest BCUT2D eigenvalue weighted by Crippen LogP contribution is 2.11. The predicted molar refractivity (Wildman–Crippen MR) is 61.7 cm³/mol. The van der Waals surface area contributed by atoms with Crippen LogP contribution in [0.4, 0.5) is 5.69 Å². The molecule has 14 heavy (non-hydrogen) atoms. The van der Waals surface area contributed by atoms with Crippen LogP contribution >= 0.6 is 0 Å². The van der Waals surface area contributed by atoms with Gasteiger partial charge in [0, 0.05) is 23.6 Å². The summed E-state index contributed by atoms with van der Waals surface area (Å²) in [6.07, 6.45) is 1.22.